The van der Waals surface area contributed by atoms with Crippen LogP contribution in [0.4, 0.5) is 0 Å². The van der Waals surface area contributed by atoms with E-state index in [0.29, 0.717) is 0 Å². The van der Waals surface area contributed by atoms with Crippen LogP contribution in [0.2, 0.25) is 0 Å². The van der Waals surface area contributed by atoms with E-state index in [1.807, 2.05) is 4.90 Å². The van der Waals surface area contributed by atoms with Crippen molar-refractivity contribution < 1.29 is 4.79 Å². The largest absolute Gasteiger partial charge is 0.341 e. The second kappa shape index (κ2) is 8.10. The highest BCUT2D eigenvalue weighted by molar-refractivity contribution is 5.81. The normalized spacial score (nSPS) is 25.8. The van der Waals surface area contributed by atoms with Gasteiger partial charge in [-0.1, -0.05) is 44.2 Å². The van der Waals surface area contributed by atoms with Crippen molar-refractivity contribution in [1.82, 2.24) is 9.80 Å². The first-order chi connectivity index (χ1) is 12.4. The lowest BCUT2D eigenvalue weighted by atomic mass is 9.79. The third kappa shape index (κ3) is 4.47. The fourth-order valence-corrected chi connectivity index (χ4v) is 4.47. The fraction of sp³-hybridized carbons (Fsp3) is 0.682. The number of nitrogens with two attached hydrogens (primary N) is 1. The molecule has 0 saturated carbocycles. The summed E-state index contributed by atoms with van der Waals surface area (Å²) in [5.74, 6) is 1.02. The first-order valence-electron chi connectivity index (χ1n) is 10.2. The Morgan fingerprint density at radius 2 is 1.81 bits per heavy atom. The van der Waals surface area contributed by atoms with E-state index < -0.39 is 0 Å². The van der Waals surface area contributed by atoms with Crippen molar-refractivity contribution in [1.29, 1.82) is 0 Å². The molecule has 0 bridgehead atoms. The summed E-state index contributed by atoms with van der Waals surface area (Å²) in [6, 6.07) is 10.9. The third-order valence-corrected chi connectivity index (χ3v) is 6.55. The Morgan fingerprint density at radius 1 is 1.15 bits per heavy atom. The fourth-order valence-electron chi connectivity index (χ4n) is 4.47. The lowest BCUT2D eigenvalue weighted by Gasteiger charge is -2.45. The third-order valence-electron chi connectivity index (χ3n) is 6.55. The van der Waals surface area contributed by atoms with Crippen LogP contribution in [0.25, 0.3) is 0 Å². The van der Waals surface area contributed by atoms with E-state index in [4.69, 9.17) is 5.73 Å². The number of hydrogen-bond donors (Lipinski definition) is 1. The van der Waals surface area contributed by atoms with Gasteiger partial charge in [0.25, 0.3) is 0 Å². The first kappa shape index (κ1) is 19.4. The van der Waals surface area contributed by atoms with Crippen molar-refractivity contribution in [3.63, 3.8) is 0 Å². The number of amides is 1. The summed E-state index contributed by atoms with van der Waals surface area (Å²) in [5, 5.41) is 0. The summed E-state index contributed by atoms with van der Waals surface area (Å²) in [5.41, 5.74) is 7.67. The van der Waals surface area contributed by atoms with Gasteiger partial charge >= 0.3 is 0 Å². The molecule has 0 aromatic heterocycles. The highest BCUT2D eigenvalue weighted by Crippen LogP contribution is 2.29. The summed E-state index contributed by atoms with van der Waals surface area (Å²) in [6.45, 7) is 10.1. The van der Waals surface area contributed by atoms with Crippen molar-refractivity contribution >= 4 is 5.91 Å². The van der Waals surface area contributed by atoms with Crippen LogP contribution in [0.1, 0.15) is 45.6 Å². The van der Waals surface area contributed by atoms with E-state index in [1.54, 1.807) is 0 Å². The highest BCUT2D eigenvalue weighted by Gasteiger charge is 2.38. The molecule has 2 heterocycles. The Bertz CT molecular complexity index is 593. The topological polar surface area (TPSA) is 49.6 Å². The lowest BCUT2D eigenvalue weighted by Crippen LogP contribution is -2.58. The standard InChI is InChI=1S/C22H35N3O/c1-17(21(26)25-14-11-20(23)22(2,3)16-25)24-12-9-19(10-13-24)15-18-7-5-4-6-8-18/h4-8,17,19-20H,9-16,23H2,1-3H3. The number of rotatable bonds is 4. The monoisotopic (exact) mass is 357 g/mol. The van der Waals surface area contributed by atoms with Crippen LogP contribution < -0.4 is 5.73 Å². The zero-order valence-electron chi connectivity index (χ0n) is 16.7. The molecule has 1 amide bonds. The van der Waals surface area contributed by atoms with Gasteiger partial charge in [-0.05, 0) is 62.6 Å². The summed E-state index contributed by atoms with van der Waals surface area (Å²) < 4.78 is 0. The van der Waals surface area contributed by atoms with E-state index >= 15 is 0 Å². The van der Waals surface area contributed by atoms with Crippen molar-refractivity contribution in [2.45, 2.75) is 58.5 Å². The number of carbonyl (C=O) groups excluding carboxylic acids is 1. The van der Waals surface area contributed by atoms with Crippen LogP contribution in [0, 0.1) is 11.3 Å². The molecule has 2 saturated heterocycles. The maximum atomic E-state index is 13.0. The molecule has 2 aliphatic rings. The Kier molecular flexibility index (Phi) is 6.03. The Morgan fingerprint density at radius 3 is 2.42 bits per heavy atom. The Labute approximate surface area is 158 Å². The van der Waals surface area contributed by atoms with Gasteiger partial charge in [0.1, 0.15) is 0 Å². The van der Waals surface area contributed by atoms with Crippen LogP contribution in [0.3, 0.4) is 0 Å². The summed E-state index contributed by atoms with van der Waals surface area (Å²) in [7, 11) is 0. The average Bonchev–Trinajstić information content (AvgIpc) is 2.64. The van der Waals surface area contributed by atoms with E-state index in [2.05, 4.69) is 56.0 Å². The van der Waals surface area contributed by atoms with Crippen molar-refractivity contribution in [2.24, 2.45) is 17.1 Å². The van der Waals surface area contributed by atoms with E-state index in [1.165, 1.54) is 18.4 Å². The van der Waals surface area contributed by atoms with Crippen LogP contribution in [0.5, 0.6) is 0 Å². The number of carbonyl (C=O) groups is 1. The number of nitrogens with zero attached hydrogens (tertiary/aromatic N) is 2. The molecule has 0 spiro atoms. The maximum absolute atomic E-state index is 13.0. The predicted molar refractivity (Wildman–Crippen MR) is 107 cm³/mol. The molecule has 2 atom stereocenters. The van der Waals surface area contributed by atoms with E-state index in [9.17, 15) is 4.79 Å². The zero-order chi connectivity index (χ0) is 18.7. The smallest absolute Gasteiger partial charge is 0.239 e. The molecule has 4 heteroatoms. The van der Waals surface area contributed by atoms with Crippen molar-refractivity contribution in [3.8, 4) is 0 Å². The van der Waals surface area contributed by atoms with E-state index in [-0.39, 0.29) is 23.4 Å². The zero-order valence-corrected chi connectivity index (χ0v) is 16.7. The van der Waals surface area contributed by atoms with Crippen molar-refractivity contribution in [2.75, 3.05) is 26.2 Å². The number of benzene rings is 1. The molecule has 2 fully saturated rings. The van der Waals surface area contributed by atoms with Gasteiger partial charge in [-0.25, -0.2) is 0 Å². The first-order valence-corrected chi connectivity index (χ1v) is 10.2. The van der Waals surface area contributed by atoms with Gasteiger partial charge in [-0.15, -0.1) is 0 Å². The Hall–Kier alpha value is -1.39. The minimum Gasteiger partial charge on any atom is -0.341 e. The number of piperidine rings is 2. The molecule has 1 aromatic rings. The minimum atomic E-state index is -0.0159. The number of hydrogen-bond acceptors (Lipinski definition) is 3. The number of likely N-dealkylation sites (tertiary alicyclic amines) is 2. The minimum absolute atomic E-state index is 0.0102. The van der Waals surface area contributed by atoms with Gasteiger partial charge in [-0.3, -0.25) is 9.69 Å². The molecule has 2 N–H and O–H groups in total. The van der Waals surface area contributed by atoms with E-state index in [0.717, 1.165) is 44.9 Å². The molecular weight excluding hydrogens is 322 g/mol. The summed E-state index contributed by atoms with van der Waals surface area (Å²) in [4.78, 5) is 17.4. The predicted octanol–water partition coefficient (Wildman–Crippen LogP) is 2.92. The Balaban J connectivity index is 1.50. The van der Waals surface area contributed by atoms with Gasteiger partial charge in [0.15, 0.2) is 0 Å². The maximum Gasteiger partial charge on any atom is 0.239 e. The van der Waals surface area contributed by atoms with Gasteiger partial charge in [-0.2, -0.15) is 0 Å². The van der Waals surface area contributed by atoms with Gasteiger partial charge in [0, 0.05) is 19.1 Å². The molecule has 1 aromatic carbocycles. The van der Waals surface area contributed by atoms with Crippen LogP contribution in [-0.2, 0) is 11.2 Å². The molecule has 3 rings (SSSR count). The summed E-state index contributed by atoms with van der Waals surface area (Å²) >= 11 is 0. The molecule has 0 aliphatic carbocycles. The van der Waals surface area contributed by atoms with Crippen molar-refractivity contribution in [3.05, 3.63) is 35.9 Å². The second-order valence-electron chi connectivity index (χ2n) is 8.99. The molecule has 2 unspecified atom stereocenters. The average molecular weight is 358 g/mol. The SMILES string of the molecule is CC(C(=O)N1CCC(N)C(C)(C)C1)N1CCC(Cc2ccccc2)CC1. The van der Waals surface area contributed by atoms with Crippen LogP contribution in [-0.4, -0.2) is 54.0 Å². The van der Waals surface area contributed by atoms with Gasteiger partial charge in [0.2, 0.25) is 5.91 Å². The molecule has 4 nitrogen and oxygen atoms in total. The van der Waals surface area contributed by atoms with Gasteiger partial charge < -0.3 is 10.6 Å². The molecule has 2 aliphatic heterocycles. The highest BCUT2D eigenvalue weighted by atomic mass is 16.2. The lowest BCUT2D eigenvalue weighted by molar-refractivity contribution is -0.140. The molecular formula is C22H35N3O. The molecule has 0 radical (unpaired) electrons. The second-order valence-corrected chi connectivity index (χ2v) is 8.99. The van der Waals surface area contributed by atoms with Crippen LogP contribution >= 0.6 is 0 Å². The van der Waals surface area contributed by atoms with Crippen LogP contribution in [0.15, 0.2) is 30.3 Å². The summed E-state index contributed by atoms with van der Waals surface area (Å²) in [6.07, 6.45) is 4.44. The molecule has 26 heavy (non-hydrogen) atoms. The molecule has 144 valence electrons. The van der Waals surface area contributed by atoms with Gasteiger partial charge in [0.05, 0.1) is 6.04 Å². The quantitative estimate of drug-likeness (QED) is 0.901.